The molecule has 3 aliphatic carbocycles. The molecule has 0 bridgehead atoms. The van der Waals surface area contributed by atoms with Crippen molar-refractivity contribution in [2.45, 2.75) is 148 Å². The van der Waals surface area contributed by atoms with E-state index in [0.717, 1.165) is 76.9 Å². The molecule has 41 heavy (non-hydrogen) atoms. The Morgan fingerprint density at radius 2 is 1.44 bits per heavy atom. The van der Waals surface area contributed by atoms with Crippen LogP contribution in [0.25, 0.3) is 0 Å². The van der Waals surface area contributed by atoms with Crippen LogP contribution in [0, 0.1) is 99.6 Å². The Kier molecular flexibility index (Phi) is 12.1. The van der Waals surface area contributed by atoms with Gasteiger partial charge >= 0.3 is 0 Å². The molecule has 0 aromatic heterocycles. The van der Waals surface area contributed by atoms with E-state index in [0.29, 0.717) is 29.3 Å². The molecule has 3 fully saturated rings. The predicted octanol–water partition coefficient (Wildman–Crippen LogP) is 11.6. The van der Waals surface area contributed by atoms with Crippen LogP contribution in [0.3, 0.4) is 0 Å². The molecule has 11 atom stereocenters. The number of hydrogen-bond acceptors (Lipinski definition) is 1. The van der Waals surface area contributed by atoms with Crippen LogP contribution in [0.4, 0.5) is 0 Å². The van der Waals surface area contributed by atoms with E-state index in [4.69, 9.17) is 0 Å². The van der Waals surface area contributed by atoms with Crippen LogP contribution in [0.15, 0.2) is 0 Å². The minimum atomic E-state index is 0.321. The molecule has 0 saturated heterocycles. The molecule has 0 aromatic rings. The van der Waals surface area contributed by atoms with Gasteiger partial charge < -0.3 is 5.11 Å². The maximum Gasteiger partial charge on any atom is 0.0459 e. The van der Waals surface area contributed by atoms with Crippen LogP contribution >= 0.6 is 0 Å². The van der Waals surface area contributed by atoms with Crippen LogP contribution in [-0.4, -0.2) is 11.7 Å². The van der Waals surface area contributed by atoms with Crippen molar-refractivity contribution < 1.29 is 5.11 Å². The smallest absolute Gasteiger partial charge is 0.0459 e. The zero-order valence-electron chi connectivity index (χ0n) is 30.5. The van der Waals surface area contributed by atoms with E-state index < -0.39 is 0 Å². The third kappa shape index (κ3) is 7.28. The van der Waals surface area contributed by atoms with Crippen LogP contribution in [0.2, 0.25) is 0 Å². The zero-order valence-corrected chi connectivity index (χ0v) is 30.5. The SMILES string of the molecule is CCC(C)C(C(C)C)C(C)C(C(C)C)C(C)(C)CC1(C)CC2C(C3CCC(CO)CC3)CC(C)C2C(C)C1C(C)C. The van der Waals surface area contributed by atoms with Crippen LogP contribution in [0.1, 0.15) is 148 Å². The lowest BCUT2D eigenvalue weighted by Gasteiger charge is -2.58. The van der Waals surface area contributed by atoms with Gasteiger partial charge in [0, 0.05) is 6.61 Å². The van der Waals surface area contributed by atoms with Gasteiger partial charge in [-0.2, -0.15) is 0 Å². The summed E-state index contributed by atoms with van der Waals surface area (Å²) >= 11 is 0. The molecule has 3 aliphatic rings. The van der Waals surface area contributed by atoms with Gasteiger partial charge in [0.1, 0.15) is 0 Å². The van der Waals surface area contributed by atoms with Crippen molar-refractivity contribution in [2.75, 3.05) is 6.61 Å². The van der Waals surface area contributed by atoms with Gasteiger partial charge in [-0.1, -0.05) is 103 Å². The summed E-state index contributed by atoms with van der Waals surface area (Å²) in [7, 11) is 0. The molecule has 0 radical (unpaired) electrons. The lowest BCUT2D eigenvalue weighted by Crippen LogP contribution is -2.51. The number of rotatable bonds is 12. The molecule has 242 valence electrons. The topological polar surface area (TPSA) is 20.2 Å². The van der Waals surface area contributed by atoms with Crippen molar-refractivity contribution in [3.63, 3.8) is 0 Å². The minimum absolute atomic E-state index is 0.321. The Hall–Kier alpha value is -0.0400. The largest absolute Gasteiger partial charge is 0.396 e. The molecule has 1 heteroatoms. The second-order valence-corrected chi connectivity index (χ2v) is 18.6. The maximum absolute atomic E-state index is 9.80. The fourth-order valence-electron chi connectivity index (χ4n) is 13.8. The molecular weight excluding hydrogens is 496 g/mol. The highest BCUT2D eigenvalue weighted by atomic mass is 16.3. The van der Waals surface area contributed by atoms with E-state index in [1.165, 1.54) is 51.4 Å². The van der Waals surface area contributed by atoms with Gasteiger partial charge in [-0.15, -0.1) is 0 Å². The Morgan fingerprint density at radius 1 is 0.854 bits per heavy atom. The molecule has 1 N–H and O–H groups in total. The van der Waals surface area contributed by atoms with E-state index in [-0.39, 0.29) is 0 Å². The summed E-state index contributed by atoms with van der Waals surface area (Å²) in [6.45, 7) is 36.6. The van der Waals surface area contributed by atoms with E-state index in [2.05, 4.69) is 96.9 Å². The van der Waals surface area contributed by atoms with Gasteiger partial charge in [-0.05, 0) is 145 Å². The highest BCUT2D eigenvalue weighted by Crippen LogP contribution is 2.65. The van der Waals surface area contributed by atoms with E-state index in [1.54, 1.807) is 0 Å². The normalized spacial score (nSPS) is 39.7. The third-order valence-electron chi connectivity index (χ3n) is 14.2. The number of hydrogen-bond donors (Lipinski definition) is 1. The average molecular weight is 573 g/mol. The summed E-state index contributed by atoms with van der Waals surface area (Å²) in [6.07, 6.45) is 10.9. The average Bonchev–Trinajstić information content (AvgIpc) is 3.17. The van der Waals surface area contributed by atoms with Gasteiger partial charge in [-0.3, -0.25) is 0 Å². The second kappa shape index (κ2) is 13.9. The molecule has 11 unspecified atom stereocenters. The Morgan fingerprint density at radius 3 is 1.90 bits per heavy atom. The Balaban J connectivity index is 1.95. The fraction of sp³-hybridized carbons (Fsp3) is 1.00. The van der Waals surface area contributed by atoms with Gasteiger partial charge in [0.05, 0.1) is 0 Å². The first-order valence-electron chi connectivity index (χ1n) is 18.6. The quantitative estimate of drug-likeness (QED) is 0.246. The van der Waals surface area contributed by atoms with Crippen LogP contribution in [-0.2, 0) is 0 Å². The van der Waals surface area contributed by atoms with E-state index >= 15 is 0 Å². The van der Waals surface area contributed by atoms with Crippen molar-refractivity contribution >= 4 is 0 Å². The zero-order chi connectivity index (χ0) is 31.0. The monoisotopic (exact) mass is 573 g/mol. The third-order valence-corrected chi connectivity index (χ3v) is 14.2. The molecule has 0 aliphatic heterocycles. The van der Waals surface area contributed by atoms with E-state index in [9.17, 15) is 5.11 Å². The standard InChI is InChI=1S/C40H76O/c1-15-27(8)35(24(2)3)29(10)37(25(4)5)39(12,13)23-40(14)21-34-33(32-18-16-31(22-41)17-19-32)20-28(9)36(34)30(11)38(40)26(6)7/h24-38,41H,15-23H2,1-14H3. The summed E-state index contributed by atoms with van der Waals surface area (Å²) in [5.74, 6) is 12.0. The van der Waals surface area contributed by atoms with Crippen LogP contribution in [0.5, 0.6) is 0 Å². The first-order valence-corrected chi connectivity index (χ1v) is 18.6. The first kappa shape index (κ1) is 35.4. The highest BCUT2D eigenvalue weighted by molar-refractivity contribution is 5.07. The highest BCUT2D eigenvalue weighted by Gasteiger charge is 2.58. The van der Waals surface area contributed by atoms with Crippen molar-refractivity contribution in [3.8, 4) is 0 Å². The predicted molar refractivity (Wildman–Crippen MR) is 181 cm³/mol. The fourth-order valence-corrected chi connectivity index (χ4v) is 13.8. The number of aliphatic hydroxyl groups is 1. The van der Waals surface area contributed by atoms with Gasteiger partial charge in [0.25, 0.3) is 0 Å². The Bertz CT molecular complexity index is 787. The number of fused-ring (bicyclic) bond motifs is 1. The summed E-state index contributed by atoms with van der Waals surface area (Å²) in [4.78, 5) is 0. The Labute approximate surface area is 259 Å². The number of aliphatic hydroxyl groups excluding tert-OH is 1. The summed E-state index contributed by atoms with van der Waals surface area (Å²) in [5.41, 5.74) is 0.723. The van der Waals surface area contributed by atoms with Gasteiger partial charge in [0.15, 0.2) is 0 Å². The van der Waals surface area contributed by atoms with E-state index in [1.807, 2.05) is 0 Å². The molecule has 0 amide bonds. The minimum Gasteiger partial charge on any atom is -0.396 e. The van der Waals surface area contributed by atoms with Crippen molar-refractivity contribution in [2.24, 2.45) is 99.6 Å². The summed E-state index contributed by atoms with van der Waals surface area (Å²) in [6, 6.07) is 0. The van der Waals surface area contributed by atoms with Crippen LogP contribution < -0.4 is 0 Å². The van der Waals surface area contributed by atoms with Crippen molar-refractivity contribution in [3.05, 3.63) is 0 Å². The maximum atomic E-state index is 9.80. The van der Waals surface area contributed by atoms with Gasteiger partial charge in [-0.25, -0.2) is 0 Å². The summed E-state index contributed by atoms with van der Waals surface area (Å²) < 4.78 is 0. The molecular formula is C40H76O. The molecule has 3 rings (SSSR count). The molecule has 0 spiro atoms. The first-order chi connectivity index (χ1) is 19.0. The summed E-state index contributed by atoms with van der Waals surface area (Å²) in [5, 5.41) is 9.80. The second-order valence-electron chi connectivity index (χ2n) is 18.6. The van der Waals surface area contributed by atoms with Gasteiger partial charge in [0.2, 0.25) is 0 Å². The van der Waals surface area contributed by atoms with Crippen molar-refractivity contribution in [1.82, 2.24) is 0 Å². The molecule has 3 saturated carbocycles. The van der Waals surface area contributed by atoms with Crippen molar-refractivity contribution in [1.29, 1.82) is 0 Å². The molecule has 0 heterocycles. The lowest BCUT2D eigenvalue weighted by molar-refractivity contribution is -0.0959. The lowest BCUT2D eigenvalue weighted by atomic mass is 9.47. The molecule has 1 nitrogen and oxygen atoms in total. The molecule has 0 aromatic carbocycles.